The lowest BCUT2D eigenvalue weighted by Gasteiger charge is -2.26. The number of nitrogens with one attached hydrogen (secondary N) is 3. The van der Waals surface area contributed by atoms with Gasteiger partial charge in [-0.05, 0) is 43.7 Å². The Hall–Kier alpha value is -3.22. The van der Waals surface area contributed by atoms with Crippen molar-refractivity contribution in [3.63, 3.8) is 0 Å². The Morgan fingerprint density at radius 2 is 1.85 bits per heavy atom. The van der Waals surface area contributed by atoms with Crippen LogP contribution in [-0.2, 0) is 21.4 Å². The number of oxazole rings is 1. The number of hydrogen-bond donors (Lipinski definition) is 4. The van der Waals surface area contributed by atoms with Crippen molar-refractivity contribution >= 4 is 33.0 Å². The number of fused-ring (bicyclic) bond motifs is 1. The summed E-state index contributed by atoms with van der Waals surface area (Å²) in [7, 11) is -3.89. The minimum Gasteiger partial charge on any atom is -0.476 e. The van der Waals surface area contributed by atoms with Gasteiger partial charge in [-0.1, -0.05) is 44.9 Å². The highest BCUT2D eigenvalue weighted by Crippen LogP contribution is 2.26. The van der Waals surface area contributed by atoms with Gasteiger partial charge in [-0.2, -0.15) is 17.4 Å². The zero-order valence-electron chi connectivity index (χ0n) is 22.6. The first-order valence-corrected chi connectivity index (χ1v) is 14.8. The molecule has 3 aromatic rings. The van der Waals surface area contributed by atoms with Crippen LogP contribution >= 0.6 is 0 Å². The molecule has 0 spiro atoms. The van der Waals surface area contributed by atoms with Crippen molar-refractivity contribution in [1.82, 2.24) is 24.3 Å². The van der Waals surface area contributed by atoms with Crippen molar-refractivity contribution in [2.45, 2.75) is 71.4 Å². The second-order valence-corrected chi connectivity index (χ2v) is 12.2. The van der Waals surface area contributed by atoms with Gasteiger partial charge in [0.05, 0.1) is 0 Å². The highest BCUT2D eigenvalue weighted by atomic mass is 32.2. The molecular weight excluding hydrogens is 522 g/mol. The van der Waals surface area contributed by atoms with Gasteiger partial charge in [0, 0.05) is 36.6 Å². The first-order valence-electron chi connectivity index (χ1n) is 13.4. The molecule has 2 aromatic heterocycles. The van der Waals surface area contributed by atoms with Crippen LogP contribution in [0.4, 0.5) is 0 Å². The Labute approximate surface area is 228 Å². The van der Waals surface area contributed by atoms with Gasteiger partial charge in [0.1, 0.15) is 17.8 Å². The van der Waals surface area contributed by atoms with E-state index >= 15 is 0 Å². The quantitative estimate of drug-likeness (QED) is 0.279. The number of aromatic amines is 1. The second kappa shape index (κ2) is 12.3. The molecule has 11 nitrogen and oxygen atoms in total. The molecule has 2 atom stereocenters. The van der Waals surface area contributed by atoms with E-state index in [0.717, 1.165) is 42.1 Å². The average molecular weight is 560 g/mol. The van der Waals surface area contributed by atoms with Crippen molar-refractivity contribution in [3.05, 3.63) is 53.4 Å². The summed E-state index contributed by atoms with van der Waals surface area (Å²) in [6.07, 6.45) is 5.88. The number of rotatable bonds is 11. The third-order valence-electron chi connectivity index (χ3n) is 6.95. The van der Waals surface area contributed by atoms with Crippen LogP contribution < -0.4 is 10.0 Å². The number of aromatic nitrogens is 2. The van der Waals surface area contributed by atoms with Gasteiger partial charge in [-0.15, -0.1) is 0 Å². The minimum absolute atomic E-state index is 0.0299. The van der Waals surface area contributed by atoms with Crippen molar-refractivity contribution in [1.29, 1.82) is 0 Å². The number of amides is 1. The first kappa shape index (κ1) is 28.8. The predicted octanol–water partition coefficient (Wildman–Crippen LogP) is 3.69. The lowest BCUT2D eigenvalue weighted by atomic mass is 10.0. The van der Waals surface area contributed by atoms with E-state index in [0.29, 0.717) is 13.1 Å². The molecule has 0 saturated carbocycles. The lowest BCUT2D eigenvalue weighted by molar-refractivity contribution is -0.124. The minimum atomic E-state index is -3.89. The highest BCUT2D eigenvalue weighted by Gasteiger charge is 2.33. The number of H-pyrrole nitrogens is 1. The number of benzene rings is 1. The highest BCUT2D eigenvalue weighted by molar-refractivity contribution is 7.87. The number of carboxylic acids is 1. The van der Waals surface area contributed by atoms with E-state index in [9.17, 15) is 23.1 Å². The van der Waals surface area contributed by atoms with Crippen LogP contribution in [0.5, 0.6) is 0 Å². The van der Waals surface area contributed by atoms with Crippen molar-refractivity contribution in [3.8, 4) is 0 Å². The molecular formula is C27H37N5O6S. The summed E-state index contributed by atoms with van der Waals surface area (Å²) >= 11 is 0. The van der Waals surface area contributed by atoms with Gasteiger partial charge in [-0.3, -0.25) is 4.79 Å². The third-order valence-corrected chi connectivity index (χ3v) is 8.58. The van der Waals surface area contributed by atoms with E-state index < -0.39 is 34.2 Å². The number of nitrogens with zero attached hydrogens (tertiary/aromatic N) is 2. The summed E-state index contributed by atoms with van der Waals surface area (Å²) in [6.45, 7) is 6.17. The van der Waals surface area contributed by atoms with Crippen molar-refractivity contribution in [2.24, 2.45) is 5.92 Å². The normalized spacial score (nSPS) is 16.7. The third kappa shape index (κ3) is 7.06. The molecule has 0 bridgehead atoms. The molecule has 12 heteroatoms. The molecule has 1 fully saturated rings. The zero-order chi connectivity index (χ0) is 28.2. The Balaban J connectivity index is 1.62. The smallest absolute Gasteiger partial charge is 0.358 e. The van der Waals surface area contributed by atoms with Crippen LogP contribution in [0.25, 0.3) is 10.9 Å². The molecule has 0 radical (unpaired) electrons. The number of carbonyl (C=O) groups is 2. The predicted molar refractivity (Wildman–Crippen MR) is 146 cm³/mol. The summed E-state index contributed by atoms with van der Waals surface area (Å²) in [6, 6.07) is 5.83. The molecule has 3 heterocycles. The first-order chi connectivity index (χ1) is 18.5. The Morgan fingerprint density at radius 1 is 1.15 bits per heavy atom. The van der Waals surface area contributed by atoms with Crippen molar-refractivity contribution in [2.75, 3.05) is 13.1 Å². The van der Waals surface area contributed by atoms with Crippen LogP contribution in [0.2, 0.25) is 0 Å². The maximum atomic E-state index is 13.7. The number of hydrogen-bond acceptors (Lipinski definition) is 6. The Bertz CT molecular complexity index is 1400. The van der Waals surface area contributed by atoms with E-state index in [2.05, 4.69) is 20.0 Å². The molecule has 4 N–H and O–H groups in total. The maximum Gasteiger partial charge on any atom is 0.358 e. The van der Waals surface area contributed by atoms with Crippen LogP contribution in [0.1, 0.15) is 79.7 Å². The lowest BCUT2D eigenvalue weighted by Crippen LogP contribution is -2.52. The molecule has 1 saturated heterocycles. The largest absolute Gasteiger partial charge is 0.476 e. The Kier molecular flexibility index (Phi) is 9.08. The average Bonchev–Trinajstić information content (AvgIpc) is 3.34. The van der Waals surface area contributed by atoms with Gasteiger partial charge in [0.25, 0.3) is 10.2 Å². The fourth-order valence-electron chi connectivity index (χ4n) is 4.97. The Morgan fingerprint density at radius 3 is 2.49 bits per heavy atom. The molecule has 39 heavy (non-hydrogen) atoms. The molecule has 4 rings (SSSR count). The molecule has 1 amide bonds. The van der Waals surface area contributed by atoms with Gasteiger partial charge in [-0.25, -0.2) is 9.78 Å². The number of para-hydroxylation sites is 1. The molecule has 1 aromatic carbocycles. The topological polar surface area (TPSA) is 158 Å². The molecule has 1 aliphatic rings. The summed E-state index contributed by atoms with van der Waals surface area (Å²) in [5, 5.41) is 13.4. The monoisotopic (exact) mass is 559 g/mol. The summed E-state index contributed by atoms with van der Waals surface area (Å²) in [4.78, 5) is 32.7. The molecule has 1 aliphatic heterocycles. The van der Waals surface area contributed by atoms with E-state index in [1.807, 2.05) is 44.3 Å². The van der Waals surface area contributed by atoms with Crippen LogP contribution in [0.15, 0.2) is 34.9 Å². The fraction of sp³-hybridized carbons (Fsp3) is 0.519. The molecule has 0 aliphatic carbocycles. The zero-order valence-corrected chi connectivity index (χ0v) is 23.4. The molecule has 2 unspecified atom stereocenters. The van der Waals surface area contributed by atoms with Crippen LogP contribution in [-0.4, -0.2) is 58.8 Å². The SMILES string of the molecule is Cc1oc(C(Cc2c[nH]c3ccccc23)NC(=O)C(CC(C)C)NS(=O)(=O)N2CCCCCC2)nc1C(=O)O. The summed E-state index contributed by atoms with van der Waals surface area (Å²) in [5.41, 5.74) is 1.55. The van der Waals surface area contributed by atoms with E-state index in [1.165, 1.54) is 11.2 Å². The van der Waals surface area contributed by atoms with E-state index in [-0.39, 0.29) is 36.1 Å². The maximum absolute atomic E-state index is 13.7. The van der Waals surface area contributed by atoms with Crippen LogP contribution in [0.3, 0.4) is 0 Å². The number of aryl methyl sites for hydroxylation is 1. The van der Waals surface area contributed by atoms with Gasteiger partial charge in [0.15, 0.2) is 5.69 Å². The van der Waals surface area contributed by atoms with E-state index in [4.69, 9.17) is 4.42 Å². The standard InChI is InChI=1S/C27H37N5O6S/c1-17(2)14-22(31-39(36,37)32-12-8-4-5-9-13-32)25(33)29-23(26-30-24(27(34)35)18(3)38-26)15-19-16-28-21-11-7-6-10-20(19)21/h6-7,10-11,16-17,22-23,28,31H,4-5,8-9,12-15H2,1-3H3,(H,29,33)(H,34,35). The number of carbonyl (C=O) groups excluding carboxylic acids is 1. The number of aromatic carboxylic acids is 1. The fourth-order valence-corrected chi connectivity index (χ4v) is 6.42. The summed E-state index contributed by atoms with van der Waals surface area (Å²) in [5.74, 6) is -1.57. The van der Waals surface area contributed by atoms with E-state index in [1.54, 1.807) is 0 Å². The van der Waals surface area contributed by atoms with Gasteiger partial charge >= 0.3 is 5.97 Å². The molecule has 212 valence electrons. The number of carboxylic acid groups (broad SMARTS) is 1. The van der Waals surface area contributed by atoms with Gasteiger partial charge < -0.3 is 19.8 Å². The second-order valence-electron chi connectivity index (χ2n) is 10.5. The van der Waals surface area contributed by atoms with Gasteiger partial charge in [0.2, 0.25) is 11.8 Å². The summed E-state index contributed by atoms with van der Waals surface area (Å²) < 4.78 is 36.3. The van der Waals surface area contributed by atoms with Crippen molar-refractivity contribution < 1.29 is 27.5 Å². The van der Waals surface area contributed by atoms with Crippen LogP contribution in [0, 0.1) is 12.8 Å².